The van der Waals surface area contributed by atoms with E-state index in [1.165, 1.54) is 0 Å². The van der Waals surface area contributed by atoms with Crippen LogP contribution in [0, 0.1) is 0 Å². The number of aliphatic carboxylic acids is 1. The predicted molar refractivity (Wildman–Crippen MR) is 62.3 cm³/mol. The molecule has 16 heavy (non-hydrogen) atoms. The Morgan fingerprint density at radius 2 is 1.50 bits per heavy atom. The van der Waals surface area contributed by atoms with Gasteiger partial charge in [-0.05, 0) is 19.3 Å². The molecule has 0 aromatic rings. The maximum atomic E-state index is 10.3. The third-order valence-electron chi connectivity index (χ3n) is 2.63. The first-order valence-electron chi connectivity index (χ1n) is 6.14. The molecule has 4 nitrogen and oxygen atoms in total. The van der Waals surface area contributed by atoms with E-state index in [1.807, 2.05) is 0 Å². The lowest BCUT2D eigenvalue weighted by atomic mass is 10.0. The molecule has 0 bridgehead atoms. The predicted octanol–water partition coefficient (Wildman–Crippen LogP) is 1.93. The molecule has 0 aromatic heterocycles. The second-order valence-corrected chi connectivity index (χ2v) is 4.33. The van der Waals surface area contributed by atoms with Gasteiger partial charge in [0.1, 0.15) is 0 Å². The van der Waals surface area contributed by atoms with E-state index in [2.05, 4.69) is 6.92 Å². The van der Waals surface area contributed by atoms with Crippen LogP contribution in [0.15, 0.2) is 0 Å². The summed E-state index contributed by atoms with van der Waals surface area (Å²) in [5.74, 6) is -0.963. The summed E-state index contributed by atoms with van der Waals surface area (Å²) in [6.07, 6.45) is 4.69. The summed E-state index contributed by atoms with van der Waals surface area (Å²) in [4.78, 5) is 10.3. The monoisotopic (exact) mass is 232 g/mol. The van der Waals surface area contributed by atoms with Crippen LogP contribution in [0.2, 0.25) is 0 Å². The molecule has 0 rings (SSSR count). The number of aliphatic hydroxyl groups is 2. The fourth-order valence-electron chi connectivity index (χ4n) is 1.65. The van der Waals surface area contributed by atoms with E-state index in [9.17, 15) is 15.0 Å². The van der Waals surface area contributed by atoms with Gasteiger partial charge in [0.2, 0.25) is 0 Å². The second kappa shape index (κ2) is 9.60. The van der Waals surface area contributed by atoms with Crippen molar-refractivity contribution in [3.05, 3.63) is 0 Å². The fourth-order valence-corrected chi connectivity index (χ4v) is 1.65. The van der Waals surface area contributed by atoms with Gasteiger partial charge in [0.05, 0.1) is 18.6 Å². The van der Waals surface area contributed by atoms with E-state index in [0.717, 1.165) is 38.5 Å². The Bertz CT molecular complexity index is 182. The van der Waals surface area contributed by atoms with Crippen LogP contribution in [0.1, 0.15) is 58.3 Å². The zero-order valence-corrected chi connectivity index (χ0v) is 10.1. The molecule has 3 N–H and O–H groups in total. The Morgan fingerprint density at radius 1 is 1.00 bits per heavy atom. The molecular weight excluding hydrogens is 208 g/mol. The van der Waals surface area contributed by atoms with Gasteiger partial charge in [-0.1, -0.05) is 32.6 Å². The van der Waals surface area contributed by atoms with Gasteiger partial charge >= 0.3 is 5.97 Å². The molecule has 2 unspecified atom stereocenters. The van der Waals surface area contributed by atoms with Crippen LogP contribution in [0.3, 0.4) is 0 Å². The van der Waals surface area contributed by atoms with Crippen molar-refractivity contribution in [3.8, 4) is 0 Å². The third-order valence-corrected chi connectivity index (χ3v) is 2.63. The molecule has 0 spiro atoms. The van der Waals surface area contributed by atoms with Gasteiger partial charge in [-0.3, -0.25) is 4.79 Å². The second-order valence-electron chi connectivity index (χ2n) is 4.33. The number of carboxylic acid groups (broad SMARTS) is 1. The number of carboxylic acids is 1. The van der Waals surface area contributed by atoms with Gasteiger partial charge < -0.3 is 15.3 Å². The van der Waals surface area contributed by atoms with E-state index < -0.39 is 12.1 Å². The molecule has 96 valence electrons. The van der Waals surface area contributed by atoms with Crippen LogP contribution in [-0.2, 0) is 4.79 Å². The summed E-state index contributed by atoms with van der Waals surface area (Å²) < 4.78 is 0. The maximum Gasteiger partial charge on any atom is 0.305 e. The van der Waals surface area contributed by atoms with Crippen molar-refractivity contribution in [2.75, 3.05) is 0 Å². The molecule has 2 atom stereocenters. The fraction of sp³-hybridized carbons (Fsp3) is 0.917. The van der Waals surface area contributed by atoms with Gasteiger partial charge in [-0.15, -0.1) is 0 Å². The summed E-state index contributed by atoms with van der Waals surface area (Å²) in [6, 6.07) is 0. The first kappa shape index (κ1) is 15.4. The Labute approximate surface area is 97.3 Å². The number of hydrogen-bond donors (Lipinski definition) is 3. The van der Waals surface area contributed by atoms with Gasteiger partial charge in [0.25, 0.3) is 0 Å². The largest absolute Gasteiger partial charge is 0.481 e. The van der Waals surface area contributed by atoms with E-state index in [1.54, 1.807) is 0 Å². The van der Waals surface area contributed by atoms with Crippen LogP contribution in [-0.4, -0.2) is 33.5 Å². The first-order valence-corrected chi connectivity index (χ1v) is 6.14. The Hall–Kier alpha value is -0.610. The van der Waals surface area contributed by atoms with Gasteiger partial charge in [-0.2, -0.15) is 0 Å². The Kier molecular flexibility index (Phi) is 9.24. The van der Waals surface area contributed by atoms with Crippen LogP contribution < -0.4 is 0 Å². The topological polar surface area (TPSA) is 77.8 Å². The molecule has 0 heterocycles. The van der Waals surface area contributed by atoms with Crippen LogP contribution >= 0.6 is 0 Å². The quantitative estimate of drug-likeness (QED) is 0.503. The van der Waals surface area contributed by atoms with Crippen molar-refractivity contribution >= 4 is 5.97 Å². The zero-order chi connectivity index (χ0) is 12.4. The van der Waals surface area contributed by atoms with Gasteiger partial charge in [0.15, 0.2) is 0 Å². The van der Waals surface area contributed by atoms with E-state index in [0.29, 0.717) is 6.42 Å². The molecular formula is C12H24O4. The average molecular weight is 232 g/mol. The highest BCUT2D eigenvalue weighted by Crippen LogP contribution is 2.11. The van der Waals surface area contributed by atoms with Crippen LogP contribution in [0.5, 0.6) is 0 Å². The summed E-state index contributed by atoms with van der Waals surface area (Å²) in [7, 11) is 0. The van der Waals surface area contributed by atoms with E-state index in [-0.39, 0.29) is 12.5 Å². The molecule has 4 heteroatoms. The molecule has 0 amide bonds. The summed E-state index contributed by atoms with van der Waals surface area (Å²) >= 11 is 0. The number of hydrogen-bond acceptors (Lipinski definition) is 3. The smallest absolute Gasteiger partial charge is 0.305 e. The van der Waals surface area contributed by atoms with Crippen LogP contribution in [0.25, 0.3) is 0 Å². The lowest BCUT2D eigenvalue weighted by molar-refractivity contribution is -0.139. The van der Waals surface area contributed by atoms with Crippen molar-refractivity contribution in [1.29, 1.82) is 0 Å². The zero-order valence-electron chi connectivity index (χ0n) is 10.1. The van der Waals surface area contributed by atoms with Crippen molar-refractivity contribution in [2.24, 2.45) is 0 Å². The van der Waals surface area contributed by atoms with E-state index in [4.69, 9.17) is 5.11 Å². The van der Waals surface area contributed by atoms with Crippen LogP contribution in [0.4, 0.5) is 0 Å². The Morgan fingerprint density at radius 3 is 2.00 bits per heavy atom. The third kappa shape index (κ3) is 9.93. The number of carbonyl (C=O) groups is 1. The SMILES string of the molecule is CCCCC(O)CCCCC(O)CC(=O)O. The molecule has 0 aliphatic heterocycles. The number of unbranched alkanes of at least 4 members (excludes halogenated alkanes) is 2. The highest BCUT2D eigenvalue weighted by atomic mass is 16.4. The van der Waals surface area contributed by atoms with E-state index >= 15 is 0 Å². The Balaban J connectivity index is 3.34. The molecule has 0 fully saturated rings. The molecule has 0 saturated heterocycles. The first-order chi connectivity index (χ1) is 7.56. The van der Waals surface area contributed by atoms with Crippen molar-refractivity contribution < 1.29 is 20.1 Å². The lowest BCUT2D eigenvalue weighted by Gasteiger charge is -2.11. The average Bonchev–Trinajstić information content (AvgIpc) is 2.20. The summed E-state index contributed by atoms with van der Waals surface area (Å²) in [5, 5.41) is 27.2. The standard InChI is InChI=1S/C12H24O4/c1-2-3-6-10(13)7-4-5-8-11(14)9-12(15)16/h10-11,13-14H,2-9H2,1H3,(H,15,16). The maximum absolute atomic E-state index is 10.3. The minimum atomic E-state index is -0.963. The van der Waals surface area contributed by atoms with Crippen molar-refractivity contribution in [3.63, 3.8) is 0 Å². The summed E-state index contributed by atoms with van der Waals surface area (Å²) in [6.45, 7) is 2.09. The molecule has 0 aliphatic rings. The van der Waals surface area contributed by atoms with Gasteiger partial charge in [0, 0.05) is 0 Å². The normalized spacial score (nSPS) is 14.7. The van der Waals surface area contributed by atoms with Crippen molar-refractivity contribution in [2.45, 2.75) is 70.5 Å². The van der Waals surface area contributed by atoms with Gasteiger partial charge in [-0.25, -0.2) is 0 Å². The minimum absolute atomic E-state index is 0.182. The highest BCUT2D eigenvalue weighted by molar-refractivity contribution is 5.67. The highest BCUT2D eigenvalue weighted by Gasteiger charge is 2.09. The summed E-state index contributed by atoms with van der Waals surface area (Å²) in [5.41, 5.74) is 0. The number of aliphatic hydroxyl groups excluding tert-OH is 2. The lowest BCUT2D eigenvalue weighted by Crippen LogP contribution is -2.13. The van der Waals surface area contributed by atoms with Crippen molar-refractivity contribution in [1.82, 2.24) is 0 Å². The molecule has 0 aliphatic carbocycles. The number of rotatable bonds is 10. The molecule has 0 radical (unpaired) electrons. The molecule has 0 saturated carbocycles. The minimum Gasteiger partial charge on any atom is -0.481 e. The molecule has 0 aromatic carbocycles.